The second-order valence-electron chi connectivity index (χ2n) is 9.16. The summed E-state index contributed by atoms with van der Waals surface area (Å²) in [6, 6.07) is 7.47. The van der Waals surface area contributed by atoms with Gasteiger partial charge >= 0.3 is 0 Å². The van der Waals surface area contributed by atoms with E-state index in [1.165, 1.54) is 25.7 Å². The molecule has 2 heterocycles. The molecule has 0 fully saturated rings. The van der Waals surface area contributed by atoms with Gasteiger partial charge in [0.15, 0.2) is 17.1 Å². The van der Waals surface area contributed by atoms with Gasteiger partial charge in [0.05, 0.1) is 12.7 Å². The van der Waals surface area contributed by atoms with Gasteiger partial charge in [-0.2, -0.15) is 8.84 Å². The number of aryl methyl sites for hydroxylation is 1. The summed E-state index contributed by atoms with van der Waals surface area (Å²) in [5.41, 5.74) is 1.68. The van der Waals surface area contributed by atoms with Gasteiger partial charge in [-0.3, -0.25) is 5.10 Å². The standard InChI is InChI=1S/C25H39N5O4S/c1-6-7-8-9-10-11-14-32-21-13-12-19(4)15-22(21)34-35(31)26-17-20(5)25-27-23-16-24(33-18(2)3)28-30(23)29-25/h12-13,15-16,18,20,26H,6-11,14,17H2,1-5H3,(H,27,29). The van der Waals surface area contributed by atoms with Crippen LogP contribution in [0.15, 0.2) is 24.3 Å². The van der Waals surface area contributed by atoms with Crippen LogP contribution >= 0.6 is 0 Å². The van der Waals surface area contributed by atoms with E-state index in [0.29, 0.717) is 36.2 Å². The average Bonchev–Trinajstić information content (AvgIpc) is 3.36. The lowest BCUT2D eigenvalue weighted by Gasteiger charge is -2.14. The third-order valence-electron chi connectivity index (χ3n) is 5.47. The first-order chi connectivity index (χ1) is 16.9. The Balaban J connectivity index is 1.48. The number of hydrogen-bond donors (Lipinski definition) is 2. The molecule has 0 bridgehead atoms. The summed E-state index contributed by atoms with van der Waals surface area (Å²) in [6.07, 6.45) is 7.23. The molecule has 3 rings (SSSR count). The lowest BCUT2D eigenvalue weighted by Crippen LogP contribution is -2.26. The smallest absolute Gasteiger partial charge is 0.288 e. The molecule has 194 valence electrons. The lowest BCUT2D eigenvalue weighted by molar-refractivity contribution is 0.231. The van der Waals surface area contributed by atoms with Crippen molar-refractivity contribution in [1.82, 2.24) is 24.5 Å². The van der Waals surface area contributed by atoms with Gasteiger partial charge in [0, 0.05) is 18.5 Å². The number of aromatic amines is 1. The van der Waals surface area contributed by atoms with E-state index in [4.69, 9.17) is 13.7 Å². The zero-order chi connectivity index (χ0) is 25.2. The number of nitrogens with zero attached hydrogens (tertiary/aromatic N) is 3. The molecule has 1 aromatic carbocycles. The maximum Gasteiger partial charge on any atom is 0.288 e. The second-order valence-corrected chi connectivity index (χ2v) is 10.1. The van der Waals surface area contributed by atoms with E-state index in [9.17, 15) is 4.21 Å². The van der Waals surface area contributed by atoms with Gasteiger partial charge in [0.25, 0.3) is 11.3 Å². The van der Waals surface area contributed by atoms with Gasteiger partial charge in [-0.25, -0.2) is 9.71 Å². The molecule has 0 aliphatic rings. The Labute approximate surface area is 210 Å². The van der Waals surface area contributed by atoms with Crippen molar-refractivity contribution in [1.29, 1.82) is 0 Å². The maximum absolute atomic E-state index is 12.6. The van der Waals surface area contributed by atoms with Crippen molar-refractivity contribution in [2.24, 2.45) is 0 Å². The molecule has 2 N–H and O–H groups in total. The molecule has 0 amide bonds. The fourth-order valence-corrected chi connectivity index (χ4v) is 4.29. The predicted octanol–water partition coefficient (Wildman–Crippen LogP) is 5.24. The molecule has 9 nitrogen and oxygen atoms in total. The van der Waals surface area contributed by atoms with Gasteiger partial charge in [-0.15, -0.1) is 5.10 Å². The van der Waals surface area contributed by atoms with Crippen LogP contribution in [0.1, 0.15) is 83.5 Å². The van der Waals surface area contributed by atoms with E-state index in [1.54, 1.807) is 10.7 Å². The highest BCUT2D eigenvalue weighted by molar-refractivity contribution is 7.78. The SMILES string of the molecule is CCCCCCCCOc1ccc(C)cc1OS(=O)NCC(C)c1nc2cc(OC(C)C)nn2[nH]1. The molecule has 2 unspecified atom stereocenters. The Morgan fingerprint density at radius 1 is 1.09 bits per heavy atom. The number of ether oxygens (including phenoxy) is 2. The van der Waals surface area contributed by atoms with Crippen LogP contribution in [0.5, 0.6) is 17.4 Å². The van der Waals surface area contributed by atoms with Crippen molar-refractivity contribution in [3.8, 4) is 17.4 Å². The number of H-pyrrole nitrogens is 1. The minimum absolute atomic E-state index is 0.0420. The summed E-state index contributed by atoms with van der Waals surface area (Å²) in [4.78, 5) is 4.56. The fraction of sp³-hybridized carbons (Fsp3) is 0.600. The highest BCUT2D eigenvalue weighted by Crippen LogP contribution is 2.29. The Morgan fingerprint density at radius 2 is 1.86 bits per heavy atom. The summed E-state index contributed by atoms with van der Waals surface area (Å²) >= 11 is -1.73. The normalized spacial score (nSPS) is 13.3. The number of benzene rings is 1. The Bertz CT molecular complexity index is 1050. The molecular formula is C25H39N5O4S. The molecular weight excluding hydrogens is 466 g/mol. The van der Waals surface area contributed by atoms with E-state index in [0.717, 1.165) is 24.2 Å². The van der Waals surface area contributed by atoms with Crippen molar-refractivity contribution in [3.63, 3.8) is 0 Å². The van der Waals surface area contributed by atoms with Gasteiger partial charge in [0.2, 0.25) is 5.88 Å². The van der Waals surface area contributed by atoms with Crippen molar-refractivity contribution in [3.05, 3.63) is 35.7 Å². The summed E-state index contributed by atoms with van der Waals surface area (Å²) in [5, 5.41) is 7.47. The minimum Gasteiger partial charge on any atom is -0.490 e. The van der Waals surface area contributed by atoms with Crippen LogP contribution in [-0.2, 0) is 11.3 Å². The third kappa shape index (κ3) is 8.54. The predicted molar refractivity (Wildman–Crippen MR) is 138 cm³/mol. The van der Waals surface area contributed by atoms with Crippen molar-refractivity contribution in [2.45, 2.75) is 85.2 Å². The molecule has 0 aliphatic heterocycles. The topological polar surface area (TPSA) is 103 Å². The van der Waals surface area contributed by atoms with Crippen LogP contribution in [0, 0.1) is 6.92 Å². The molecule has 0 radical (unpaired) electrons. The highest BCUT2D eigenvalue weighted by Gasteiger charge is 2.16. The maximum atomic E-state index is 12.6. The molecule has 35 heavy (non-hydrogen) atoms. The first-order valence-corrected chi connectivity index (χ1v) is 13.6. The van der Waals surface area contributed by atoms with E-state index >= 15 is 0 Å². The fourth-order valence-electron chi connectivity index (χ4n) is 3.55. The second kappa shape index (κ2) is 13.5. The lowest BCUT2D eigenvalue weighted by atomic mass is 10.1. The Morgan fingerprint density at radius 3 is 2.60 bits per heavy atom. The molecule has 0 aliphatic carbocycles. The molecule has 0 spiro atoms. The number of nitrogens with one attached hydrogen (secondary N) is 2. The number of rotatable bonds is 16. The van der Waals surface area contributed by atoms with Gasteiger partial charge in [-0.05, 0) is 44.9 Å². The largest absolute Gasteiger partial charge is 0.490 e. The highest BCUT2D eigenvalue weighted by atomic mass is 32.2. The quantitative estimate of drug-likeness (QED) is 0.258. The van der Waals surface area contributed by atoms with E-state index in [1.807, 2.05) is 45.9 Å². The summed E-state index contributed by atoms with van der Waals surface area (Å²) in [5.74, 6) is 2.30. The monoisotopic (exact) mass is 505 g/mol. The number of aromatic nitrogens is 4. The Hall–Kier alpha value is -2.59. The van der Waals surface area contributed by atoms with Crippen LogP contribution in [0.2, 0.25) is 0 Å². The third-order valence-corrected chi connectivity index (χ3v) is 6.21. The summed E-state index contributed by atoms with van der Waals surface area (Å²) in [7, 11) is 0. The van der Waals surface area contributed by atoms with Gasteiger partial charge in [-0.1, -0.05) is 52.0 Å². The van der Waals surface area contributed by atoms with E-state index < -0.39 is 11.3 Å². The van der Waals surface area contributed by atoms with Crippen LogP contribution < -0.4 is 18.4 Å². The first kappa shape index (κ1) is 27.0. The Kier molecular flexibility index (Phi) is 10.4. The van der Waals surface area contributed by atoms with Crippen LogP contribution in [0.4, 0.5) is 0 Å². The summed E-state index contributed by atoms with van der Waals surface area (Å²) in [6.45, 7) is 11.1. The van der Waals surface area contributed by atoms with Crippen molar-refractivity contribution in [2.75, 3.05) is 13.2 Å². The van der Waals surface area contributed by atoms with Crippen molar-refractivity contribution >= 4 is 16.9 Å². The molecule has 0 saturated heterocycles. The van der Waals surface area contributed by atoms with Crippen LogP contribution in [0.3, 0.4) is 0 Å². The molecule has 2 aromatic heterocycles. The average molecular weight is 506 g/mol. The number of fused-ring (bicyclic) bond motifs is 1. The molecule has 3 aromatic rings. The first-order valence-electron chi connectivity index (χ1n) is 12.5. The van der Waals surface area contributed by atoms with Gasteiger partial charge < -0.3 is 13.7 Å². The van der Waals surface area contributed by atoms with E-state index in [-0.39, 0.29) is 12.0 Å². The zero-order valence-corrected chi connectivity index (χ0v) is 22.3. The summed E-state index contributed by atoms with van der Waals surface area (Å²) < 4.78 is 34.3. The van der Waals surface area contributed by atoms with Crippen molar-refractivity contribution < 1.29 is 17.9 Å². The molecule has 10 heteroatoms. The minimum atomic E-state index is -1.73. The number of unbranched alkanes of at least 4 members (excludes halogenated alkanes) is 5. The van der Waals surface area contributed by atoms with Gasteiger partial charge in [0.1, 0.15) is 5.82 Å². The van der Waals surface area contributed by atoms with Crippen LogP contribution in [-0.4, -0.2) is 43.3 Å². The number of hydrogen-bond acceptors (Lipinski definition) is 6. The van der Waals surface area contributed by atoms with E-state index in [2.05, 4.69) is 26.8 Å². The van der Waals surface area contributed by atoms with Crippen LogP contribution in [0.25, 0.3) is 5.65 Å². The zero-order valence-electron chi connectivity index (χ0n) is 21.5. The molecule has 0 saturated carbocycles. The molecule has 2 atom stereocenters.